The molecular formula is C11H13F2NO. The normalized spacial score (nSPS) is 10.1. The van der Waals surface area contributed by atoms with Gasteiger partial charge in [0.1, 0.15) is 11.6 Å². The van der Waals surface area contributed by atoms with Gasteiger partial charge in [0.15, 0.2) is 0 Å². The standard InChI is InChI=1S/C11H13F2NO/c1-3-4-14-11(15)8-5-7(2)9(12)6-10(8)13/h5-6H,3-4H2,1-2H3,(H,14,15). The van der Waals surface area contributed by atoms with Crippen molar-refractivity contribution in [3.8, 4) is 0 Å². The van der Waals surface area contributed by atoms with E-state index in [4.69, 9.17) is 0 Å². The molecule has 0 bridgehead atoms. The van der Waals surface area contributed by atoms with Gasteiger partial charge >= 0.3 is 0 Å². The van der Waals surface area contributed by atoms with Gasteiger partial charge < -0.3 is 5.32 Å². The van der Waals surface area contributed by atoms with Gasteiger partial charge in [0.2, 0.25) is 0 Å². The zero-order valence-electron chi connectivity index (χ0n) is 8.73. The molecule has 0 radical (unpaired) electrons. The smallest absolute Gasteiger partial charge is 0.254 e. The Balaban J connectivity index is 2.94. The van der Waals surface area contributed by atoms with E-state index in [9.17, 15) is 13.6 Å². The summed E-state index contributed by atoms with van der Waals surface area (Å²) >= 11 is 0. The Morgan fingerprint density at radius 1 is 1.33 bits per heavy atom. The van der Waals surface area contributed by atoms with E-state index < -0.39 is 17.5 Å². The van der Waals surface area contributed by atoms with Crippen molar-refractivity contribution in [1.29, 1.82) is 0 Å². The quantitative estimate of drug-likeness (QED) is 0.820. The van der Waals surface area contributed by atoms with Crippen LogP contribution in [-0.2, 0) is 0 Å². The van der Waals surface area contributed by atoms with Crippen LogP contribution >= 0.6 is 0 Å². The minimum absolute atomic E-state index is 0.109. The van der Waals surface area contributed by atoms with Gasteiger partial charge in [0.05, 0.1) is 5.56 Å². The van der Waals surface area contributed by atoms with Crippen LogP contribution in [0.25, 0.3) is 0 Å². The van der Waals surface area contributed by atoms with Gasteiger partial charge in [-0.15, -0.1) is 0 Å². The predicted octanol–water partition coefficient (Wildman–Crippen LogP) is 2.41. The molecule has 1 rings (SSSR count). The lowest BCUT2D eigenvalue weighted by Crippen LogP contribution is -2.25. The summed E-state index contributed by atoms with van der Waals surface area (Å²) in [5.41, 5.74) is 0.153. The lowest BCUT2D eigenvalue weighted by Gasteiger charge is -2.06. The second-order valence-electron chi connectivity index (χ2n) is 3.34. The zero-order valence-corrected chi connectivity index (χ0v) is 8.73. The third-order valence-electron chi connectivity index (χ3n) is 2.03. The van der Waals surface area contributed by atoms with Crippen molar-refractivity contribution in [3.63, 3.8) is 0 Å². The fourth-order valence-corrected chi connectivity index (χ4v) is 1.17. The second-order valence-corrected chi connectivity index (χ2v) is 3.34. The third-order valence-corrected chi connectivity index (χ3v) is 2.03. The van der Waals surface area contributed by atoms with Crippen molar-refractivity contribution < 1.29 is 13.6 Å². The lowest BCUT2D eigenvalue weighted by atomic mass is 10.1. The molecule has 0 unspecified atom stereocenters. The Labute approximate surface area is 87.3 Å². The molecule has 0 saturated carbocycles. The number of carbonyl (C=O) groups is 1. The Hall–Kier alpha value is -1.45. The van der Waals surface area contributed by atoms with Crippen LogP contribution < -0.4 is 5.32 Å². The number of aryl methyl sites for hydroxylation is 1. The maximum atomic E-state index is 13.2. The van der Waals surface area contributed by atoms with Gasteiger partial charge in [0.25, 0.3) is 5.91 Å². The van der Waals surface area contributed by atoms with Crippen molar-refractivity contribution in [3.05, 3.63) is 34.9 Å². The van der Waals surface area contributed by atoms with E-state index in [0.717, 1.165) is 12.5 Å². The summed E-state index contributed by atoms with van der Waals surface area (Å²) in [5, 5.41) is 2.53. The number of benzene rings is 1. The first kappa shape index (κ1) is 11.6. The van der Waals surface area contributed by atoms with E-state index >= 15 is 0 Å². The molecule has 1 N–H and O–H groups in total. The van der Waals surface area contributed by atoms with Crippen LogP contribution in [-0.4, -0.2) is 12.5 Å². The minimum atomic E-state index is -0.827. The first-order valence-electron chi connectivity index (χ1n) is 4.80. The highest BCUT2D eigenvalue weighted by Crippen LogP contribution is 2.13. The number of rotatable bonds is 3. The van der Waals surface area contributed by atoms with Crippen molar-refractivity contribution in [1.82, 2.24) is 5.32 Å². The molecule has 0 atom stereocenters. The fraction of sp³-hybridized carbons (Fsp3) is 0.364. The Bertz CT molecular complexity index is 377. The lowest BCUT2D eigenvalue weighted by molar-refractivity contribution is 0.0949. The van der Waals surface area contributed by atoms with Crippen LogP contribution in [0.3, 0.4) is 0 Å². The monoisotopic (exact) mass is 213 g/mol. The zero-order chi connectivity index (χ0) is 11.4. The molecule has 1 amide bonds. The number of carbonyl (C=O) groups excluding carboxylic acids is 1. The highest BCUT2D eigenvalue weighted by molar-refractivity contribution is 5.94. The van der Waals surface area contributed by atoms with Crippen molar-refractivity contribution >= 4 is 5.91 Å². The highest BCUT2D eigenvalue weighted by atomic mass is 19.1. The van der Waals surface area contributed by atoms with Crippen LogP contribution in [0, 0.1) is 18.6 Å². The Morgan fingerprint density at radius 3 is 2.60 bits per heavy atom. The van der Waals surface area contributed by atoms with Crippen LogP contribution in [0.5, 0.6) is 0 Å². The van der Waals surface area contributed by atoms with Crippen LogP contribution in [0.1, 0.15) is 29.3 Å². The van der Waals surface area contributed by atoms with Gasteiger partial charge in [0, 0.05) is 12.6 Å². The van der Waals surface area contributed by atoms with Gasteiger partial charge in [-0.2, -0.15) is 0 Å². The predicted molar refractivity (Wildman–Crippen MR) is 53.7 cm³/mol. The molecule has 0 spiro atoms. The largest absolute Gasteiger partial charge is 0.352 e. The number of nitrogens with one attached hydrogen (secondary N) is 1. The average molecular weight is 213 g/mol. The van der Waals surface area contributed by atoms with E-state index in [1.165, 1.54) is 13.0 Å². The first-order chi connectivity index (χ1) is 7.06. The maximum Gasteiger partial charge on any atom is 0.254 e. The third kappa shape index (κ3) is 2.75. The maximum absolute atomic E-state index is 13.2. The summed E-state index contributed by atoms with van der Waals surface area (Å²) in [6.07, 6.45) is 0.771. The Kier molecular flexibility index (Phi) is 3.77. The summed E-state index contributed by atoms with van der Waals surface area (Å²) < 4.78 is 26.1. The molecule has 2 nitrogen and oxygen atoms in total. The van der Waals surface area contributed by atoms with E-state index in [2.05, 4.69) is 5.32 Å². The van der Waals surface area contributed by atoms with E-state index in [1.807, 2.05) is 6.92 Å². The molecule has 0 fully saturated rings. The number of hydrogen-bond donors (Lipinski definition) is 1. The van der Waals surface area contributed by atoms with Crippen molar-refractivity contribution in [2.24, 2.45) is 0 Å². The van der Waals surface area contributed by atoms with Gasteiger partial charge in [-0.3, -0.25) is 4.79 Å². The first-order valence-corrected chi connectivity index (χ1v) is 4.80. The molecule has 0 aliphatic heterocycles. The molecule has 82 valence electrons. The molecule has 1 aromatic carbocycles. The van der Waals surface area contributed by atoms with Gasteiger partial charge in [-0.1, -0.05) is 6.92 Å². The van der Waals surface area contributed by atoms with E-state index in [1.54, 1.807) is 0 Å². The summed E-state index contributed by atoms with van der Waals surface area (Å²) in [7, 11) is 0. The molecule has 0 aromatic heterocycles. The highest BCUT2D eigenvalue weighted by Gasteiger charge is 2.13. The van der Waals surface area contributed by atoms with Gasteiger partial charge in [-0.25, -0.2) is 8.78 Å². The SMILES string of the molecule is CCCNC(=O)c1cc(C)c(F)cc1F. The van der Waals surface area contributed by atoms with Crippen molar-refractivity contribution in [2.45, 2.75) is 20.3 Å². The Morgan fingerprint density at radius 2 is 2.00 bits per heavy atom. The molecule has 0 saturated heterocycles. The average Bonchev–Trinajstić information content (AvgIpc) is 2.20. The molecule has 15 heavy (non-hydrogen) atoms. The van der Waals surface area contributed by atoms with E-state index in [-0.39, 0.29) is 11.1 Å². The molecule has 0 aliphatic carbocycles. The number of amides is 1. The molecule has 4 heteroatoms. The summed E-state index contributed by atoms with van der Waals surface area (Å²) in [4.78, 5) is 11.4. The summed E-state index contributed by atoms with van der Waals surface area (Å²) in [5.74, 6) is -1.97. The minimum Gasteiger partial charge on any atom is -0.352 e. The molecule has 0 heterocycles. The molecular weight excluding hydrogens is 200 g/mol. The molecule has 1 aromatic rings. The number of halogens is 2. The summed E-state index contributed by atoms with van der Waals surface area (Å²) in [6.45, 7) is 3.87. The second kappa shape index (κ2) is 4.87. The van der Waals surface area contributed by atoms with Crippen LogP contribution in [0.2, 0.25) is 0 Å². The van der Waals surface area contributed by atoms with Gasteiger partial charge in [-0.05, 0) is 25.0 Å². The fourth-order valence-electron chi connectivity index (χ4n) is 1.17. The van der Waals surface area contributed by atoms with Crippen LogP contribution in [0.15, 0.2) is 12.1 Å². The van der Waals surface area contributed by atoms with Crippen molar-refractivity contribution in [2.75, 3.05) is 6.54 Å². The topological polar surface area (TPSA) is 29.1 Å². The van der Waals surface area contributed by atoms with Crippen LogP contribution in [0.4, 0.5) is 8.78 Å². The molecule has 0 aliphatic rings. The number of hydrogen-bond acceptors (Lipinski definition) is 1. The summed E-state index contributed by atoms with van der Waals surface area (Å²) in [6, 6.07) is 1.95. The van der Waals surface area contributed by atoms with E-state index in [0.29, 0.717) is 6.54 Å².